The van der Waals surface area contributed by atoms with E-state index in [-0.39, 0.29) is 12.5 Å². The maximum atomic E-state index is 11.5. The summed E-state index contributed by atoms with van der Waals surface area (Å²) >= 11 is 0. The molecule has 17 heavy (non-hydrogen) atoms. The predicted octanol–water partition coefficient (Wildman–Crippen LogP) is 1.90. The lowest BCUT2D eigenvalue weighted by atomic mass is 9.99. The maximum absolute atomic E-state index is 11.5. The molecule has 0 saturated heterocycles. The minimum atomic E-state index is -0.853. The van der Waals surface area contributed by atoms with Crippen molar-refractivity contribution in [2.75, 3.05) is 6.54 Å². The zero-order valence-electron chi connectivity index (χ0n) is 10.7. The van der Waals surface area contributed by atoms with Gasteiger partial charge in [-0.25, -0.2) is 4.79 Å². The summed E-state index contributed by atoms with van der Waals surface area (Å²) in [6.07, 6.45) is 5.14. The zero-order chi connectivity index (χ0) is 13.3. The number of carbonyl (C=O) groups excluding carboxylic acids is 1. The third kappa shape index (κ3) is 9.41. The molecule has 0 aliphatic heterocycles. The maximum Gasteiger partial charge on any atom is 0.315 e. The first-order chi connectivity index (χ1) is 7.87. The number of carboxylic acid groups (broad SMARTS) is 1. The van der Waals surface area contributed by atoms with Crippen molar-refractivity contribution >= 4 is 12.0 Å². The molecule has 5 heteroatoms. The molecule has 3 N–H and O–H groups in total. The minimum Gasteiger partial charge on any atom is -0.481 e. The van der Waals surface area contributed by atoms with Crippen LogP contribution in [0.3, 0.4) is 0 Å². The Morgan fingerprint density at radius 3 is 2.53 bits per heavy atom. The van der Waals surface area contributed by atoms with Gasteiger partial charge < -0.3 is 15.7 Å². The highest BCUT2D eigenvalue weighted by molar-refractivity contribution is 5.74. The molecule has 2 amide bonds. The third-order valence-electron chi connectivity index (χ3n) is 2.25. The SMILES string of the molecule is C/C=C/CCNC(=O)NC(C)(C)CCC(=O)O. The molecule has 0 aromatic heterocycles. The highest BCUT2D eigenvalue weighted by atomic mass is 16.4. The summed E-state index contributed by atoms with van der Waals surface area (Å²) in [7, 11) is 0. The van der Waals surface area contributed by atoms with Gasteiger partial charge in [0.25, 0.3) is 0 Å². The van der Waals surface area contributed by atoms with Crippen LogP contribution in [-0.2, 0) is 4.79 Å². The van der Waals surface area contributed by atoms with Crippen LogP contribution in [0.15, 0.2) is 12.2 Å². The van der Waals surface area contributed by atoms with E-state index in [1.165, 1.54) is 0 Å². The summed E-state index contributed by atoms with van der Waals surface area (Å²) < 4.78 is 0. The highest BCUT2D eigenvalue weighted by Gasteiger charge is 2.20. The first kappa shape index (κ1) is 15.5. The van der Waals surface area contributed by atoms with Crippen molar-refractivity contribution < 1.29 is 14.7 Å². The molecule has 5 nitrogen and oxygen atoms in total. The van der Waals surface area contributed by atoms with E-state index in [0.717, 1.165) is 6.42 Å². The van der Waals surface area contributed by atoms with Crippen molar-refractivity contribution in [3.63, 3.8) is 0 Å². The summed E-state index contributed by atoms with van der Waals surface area (Å²) in [5.41, 5.74) is -0.511. The van der Waals surface area contributed by atoms with Crippen LogP contribution in [-0.4, -0.2) is 29.2 Å². The Kier molecular flexibility index (Phi) is 7.02. The van der Waals surface area contributed by atoms with Crippen molar-refractivity contribution in [1.29, 1.82) is 0 Å². The summed E-state index contributed by atoms with van der Waals surface area (Å²) in [6, 6.07) is -0.259. The van der Waals surface area contributed by atoms with Crippen LogP contribution in [0.1, 0.15) is 40.0 Å². The summed E-state index contributed by atoms with van der Waals surface area (Å²) in [6.45, 7) is 6.11. The number of amides is 2. The van der Waals surface area contributed by atoms with Gasteiger partial charge in [-0.2, -0.15) is 0 Å². The molecular formula is C12H22N2O3. The molecule has 0 atom stereocenters. The predicted molar refractivity (Wildman–Crippen MR) is 66.9 cm³/mol. The fraction of sp³-hybridized carbons (Fsp3) is 0.667. The topological polar surface area (TPSA) is 78.4 Å². The number of aliphatic carboxylic acids is 1. The first-order valence-electron chi connectivity index (χ1n) is 5.76. The second kappa shape index (κ2) is 7.70. The number of carboxylic acids is 1. The fourth-order valence-corrected chi connectivity index (χ4v) is 1.27. The number of hydrogen-bond acceptors (Lipinski definition) is 2. The lowest BCUT2D eigenvalue weighted by Gasteiger charge is -2.25. The average molecular weight is 242 g/mol. The van der Waals surface area contributed by atoms with Crippen LogP contribution in [0, 0.1) is 0 Å². The molecular weight excluding hydrogens is 220 g/mol. The zero-order valence-corrected chi connectivity index (χ0v) is 10.7. The van der Waals surface area contributed by atoms with Gasteiger partial charge >= 0.3 is 12.0 Å². The van der Waals surface area contributed by atoms with E-state index in [9.17, 15) is 9.59 Å². The van der Waals surface area contributed by atoms with Crippen molar-refractivity contribution in [3.8, 4) is 0 Å². The summed E-state index contributed by atoms with van der Waals surface area (Å²) in [5, 5.41) is 14.0. The van der Waals surface area contributed by atoms with Gasteiger partial charge in [-0.05, 0) is 33.6 Å². The second-order valence-corrected chi connectivity index (χ2v) is 4.52. The quantitative estimate of drug-likeness (QED) is 0.471. The van der Waals surface area contributed by atoms with Crippen LogP contribution < -0.4 is 10.6 Å². The van der Waals surface area contributed by atoms with Crippen LogP contribution in [0.2, 0.25) is 0 Å². The minimum absolute atomic E-state index is 0.0475. The number of carbonyl (C=O) groups is 2. The number of urea groups is 1. The highest BCUT2D eigenvalue weighted by Crippen LogP contribution is 2.10. The molecule has 0 aliphatic rings. The lowest BCUT2D eigenvalue weighted by molar-refractivity contribution is -0.137. The van der Waals surface area contributed by atoms with Crippen LogP contribution >= 0.6 is 0 Å². The molecule has 0 saturated carbocycles. The van der Waals surface area contributed by atoms with E-state index in [4.69, 9.17) is 5.11 Å². The van der Waals surface area contributed by atoms with Crippen molar-refractivity contribution in [3.05, 3.63) is 12.2 Å². The van der Waals surface area contributed by atoms with Gasteiger partial charge in [0, 0.05) is 18.5 Å². The van der Waals surface area contributed by atoms with Crippen LogP contribution in [0.25, 0.3) is 0 Å². The first-order valence-corrected chi connectivity index (χ1v) is 5.76. The Labute approximate surface area is 102 Å². The Morgan fingerprint density at radius 2 is 2.00 bits per heavy atom. The summed E-state index contributed by atoms with van der Waals surface area (Å²) in [5.74, 6) is -0.853. The largest absolute Gasteiger partial charge is 0.481 e. The molecule has 0 heterocycles. The standard InChI is InChI=1S/C12H22N2O3/c1-4-5-6-9-13-11(17)14-12(2,3)8-7-10(15)16/h4-5H,6-9H2,1-3H3,(H,15,16)(H2,13,14,17)/b5-4+. The van der Waals surface area contributed by atoms with E-state index in [0.29, 0.717) is 13.0 Å². The van der Waals surface area contributed by atoms with Gasteiger partial charge in [-0.1, -0.05) is 12.2 Å². The third-order valence-corrected chi connectivity index (χ3v) is 2.25. The number of hydrogen-bond donors (Lipinski definition) is 3. The van der Waals surface area contributed by atoms with Gasteiger partial charge in [0.15, 0.2) is 0 Å². The molecule has 0 bridgehead atoms. The molecule has 0 rings (SSSR count). The Balaban J connectivity index is 3.87. The Hall–Kier alpha value is -1.52. The molecule has 0 unspecified atom stereocenters. The molecule has 0 spiro atoms. The number of rotatable bonds is 7. The monoisotopic (exact) mass is 242 g/mol. The number of nitrogens with one attached hydrogen (secondary N) is 2. The molecule has 0 radical (unpaired) electrons. The van der Waals surface area contributed by atoms with Gasteiger partial charge in [0.05, 0.1) is 0 Å². The van der Waals surface area contributed by atoms with Crippen LogP contribution in [0.4, 0.5) is 4.79 Å². The fourth-order valence-electron chi connectivity index (χ4n) is 1.27. The van der Waals surface area contributed by atoms with Gasteiger partial charge in [0.1, 0.15) is 0 Å². The molecule has 0 fully saturated rings. The van der Waals surface area contributed by atoms with Gasteiger partial charge in [-0.15, -0.1) is 0 Å². The van der Waals surface area contributed by atoms with E-state index in [1.807, 2.05) is 32.9 Å². The Morgan fingerprint density at radius 1 is 1.35 bits per heavy atom. The van der Waals surface area contributed by atoms with E-state index in [1.54, 1.807) is 0 Å². The van der Waals surface area contributed by atoms with Crippen LogP contribution in [0.5, 0.6) is 0 Å². The average Bonchev–Trinajstić information content (AvgIpc) is 2.21. The van der Waals surface area contributed by atoms with Gasteiger partial charge in [0.2, 0.25) is 0 Å². The van der Waals surface area contributed by atoms with Gasteiger partial charge in [-0.3, -0.25) is 4.79 Å². The Bertz CT molecular complexity index is 285. The molecule has 0 aliphatic carbocycles. The van der Waals surface area contributed by atoms with Crippen molar-refractivity contribution in [2.24, 2.45) is 0 Å². The van der Waals surface area contributed by atoms with E-state index in [2.05, 4.69) is 10.6 Å². The van der Waals surface area contributed by atoms with E-state index < -0.39 is 11.5 Å². The number of allylic oxidation sites excluding steroid dienone is 1. The van der Waals surface area contributed by atoms with Crippen molar-refractivity contribution in [1.82, 2.24) is 10.6 Å². The molecule has 0 aromatic carbocycles. The smallest absolute Gasteiger partial charge is 0.315 e. The molecule has 0 aromatic rings. The molecule has 98 valence electrons. The normalized spacial score (nSPS) is 11.5. The second-order valence-electron chi connectivity index (χ2n) is 4.52. The summed E-state index contributed by atoms with van der Waals surface area (Å²) in [4.78, 5) is 21.9. The van der Waals surface area contributed by atoms with E-state index >= 15 is 0 Å². The van der Waals surface area contributed by atoms with Crippen molar-refractivity contribution in [2.45, 2.75) is 45.6 Å². The lowest BCUT2D eigenvalue weighted by Crippen LogP contribution is -2.48.